The largest absolute Gasteiger partial charge is 0.413 e. The molecule has 0 atom stereocenters. The van der Waals surface area contributed by atoms with Crippen LogP contribution in [0.25, 0.3) is 0 Å². The van der Waals surface area contributed by atoms with Crippen molar-refractivity contribution < 1.29 is 29.6 Å². The first-order valence-electron chi connectivity index (χ1n) is 3.47. The molecule has 0 aliphatic carbocycles. The molecule has 0 saturated carbocycles. The molecule has 0 radical (unpaired) electrons. The molecule has 7 N–H and O–H groups in total. The van der Waals surface area contributed by atoms with Gasteiger partial charge in [-0.2, -0.15) is 16.8 Å². The van der Waals surface area contributed by atoms with Gasteiger partial charge in [-0.05, 0) is 6.08 Å². The zero-order chi connectivity index (χ0) is 13.7. The van der Waals surface area contributed by atoms with Gasteiger partial charge in [0, 0.05) is 6.20 Å². The van der Waals surface area contributed by atoms with E-state index in [1.807, 2.05) is 0 Å². The van der Waals surface area contributed by atoms with E-state index < -0.39 is 20.8 Å². The number of hydrogen-bond donors (Lipinski definition) is 5. The minimum absolute atomic E-state index is 0.395. The Morgan fingerprint density at radius 1 is 1.29 bits per heavy atom. The lowest BCUT2D eigenvalue weighted by atomic mass is 10.6. The predicted octanol–water partition coefficient (Wildman–Crippen LogP) is -2.93. The van der Waals surface area contributed by atoms with Crippen molar-refractivity contribution in [3.63, 3.8) is 0 Å². The molecule has 14 heteroatoms. The molecule has 1 aliphatic heterocycles. The van der Waals surface area contributed by atoms with Gasteiger partial charge in [0.05, 0.1) is 0 Å². The van der Waals surface area contributed by atoms with Crippen LogP contribution in [0, 0.1) is 0 Å². The molecule has 1 heterocycles. The first-order valence-corrected chi connectivity index (χ1v) is 6.20. The Morgan fingerprint density at radius 2 is 1.76 bits per heavy atom. The average molecular weight is 291 g/mol. The zero-order valence-corrected chi connectivity index (χ0v) is 9.59. The number of hydrazine groups is 2. The second-order valence-electron chi connectivity index (χ2n) is 2.26. The smallest absolute Gasteiger partial charge is 0.382 e. The summed E-state index contributed by atoms with van der Waals surface area (Å²) in [5.41, 5.74) is 7.80. The Hall–Kier alpha value is -1.45. The summed E-state index contributed by atoms with van der Waals surface area (Å²) in [6.45, 7) is 0. The summed E-state index contributed by atoms with van der Waals surface area (Å²) in [5, 5.41) is 4.63. The van der Waals surface area contributed by atoms with Crippen LogP contribution in [0.2, 0.25) is 0 Å². The normalized spacial score (nSPS) is 15.5. The SMILES string of the molecule is NC1=NN(N)NC=C1.O=S(=O)(O)OS(=O)(=O)O. The van der Waals surface area contributed by atoms with Crippen molar-refractivity contribution in [1.29, 1.82) is 0 Å². The third-order valence-electron chi connectivity index (χ3n) is 0.856. The van der Waals surface area contributed by atoms with Crippen molar-refractivity contribution in [3.8, 4) is 0 Å². The highest BCUT2D eigenvalue weighted by molar-refractivity contribution is 7.94. The molecule has 0 unspecified atom stereocenters. The van der Waals surface area contributed by atoms with Crippen LogP contribution < -0.4 is 17.0 Å². The fourth-order valence-corrected chi connectivity index (χ4v) is 1.36. The highest BCUT2D eigenvalue weighted by atomic mass is 32.3. The third-order valence-corrected chi connectivity index (χ3v) is 2.23. The molecule has 0 aromatic carbocycles. The van der Waals surface area contributed by atoms with Crippen molar-refractivity contribution in [1.82, 2.24) is 10.7 Å². The van der Waals surface area contributed by atoms with E-state index >= 15 is 0 Å². The van der Waals surface area contributed by atoms with Gasteiger partial charge in [-0.25, -0.2) is 5.84 Å². The van der Waals surface area contributed by atoms with E-state index in [-0.39, 0.29) is 0 Å². The van der Waals surface area contributed by atoms with Crippen molar-refractivity contribution in [2.75, 3.05) is 0 Å². The molecule has 0 fully saturated rings. The van der Waals surface area contributed by atoms with Gasteiger partial charge in [0.25, 0.3) is 0 Å². The molecule has 1 aliphatic rings. The number of rotatable bonds is 2. The van der Waals surface area contributed by atoms with Gasteiger partial charge in [0.1, 0.15) is 5.84 Å². The molecular weight excluding hydrogens is 282 g/mol. The molecule has 12 nitrogen and oxygen atoms in total. The fourth-order valence-electron chi connectivity index (χ4n) is 0.494. The second kappa shape index (κ2) is 5.75. The number of hydrazone groups is 1. The lowest BCUT2D eigenvalue weighted by Gasteiger charge is -2.14. The van der Waals surface area contributed by atoms with E-state index in [2.05, 4.69) is 14.2 Å². The number of hydrogen-bond acceptors (Lipinski definition) is 10. The Bertz CT molecular complexity index is 476. The highest BCUT2D eigenvalue weighted by Crippen LogP contribution is 1.91. The highest BCUT2D eigenvalue weighted by Gasteiger charge is 2.15. The van der Waals surface area contributed by atoms with Crippen molar-refractivity contribution in [3.05, 3.63) is 12.3 Å². The van der Waals surface area contributed by atoms with E-state index in [9.17, 15) is 16.8 Å². The standard InChI is InChI=1S/C3H7N5.H2O7S2/c4-3-1-2-6-8(5)7-3;1-8(2,3)7-9(4,5)6/h1-2,6H,5H2,(H2,4,7);(H,1,2,3)(H,4,5,6). The van der Waals surface area contributed by atoms with Gasteiger partial charge in [-0.1, -0.05) is 0 Å². The maximum absolute atomic E-state index is 9.44. The van der Waals surface area contributed by atoms with E-state index in [0.717, 1.165) is 5.23 Å². The molecule has 0 spiro atoms. The molecular formula is C3H9N5O7S2. The van der Waals surface area contributed by atoms with Crippen LogP contribution in [-0.4, -0.2) is 37.0 Å². The summed E-state index contributed by atoms with van der Waals surface area (Å²) in [7, 11) is -10.2. The van der Waals surface area contributed by atoms with Gasteiger partial charge in [0.2, 0.25) is 0 Å². The van der Waals surface area contributed by atoms with Crippen LogP contribution in [0.4, 0.5) is 0 Å². The number of amidine groups is 1. The first-order chi connectivity index (χ1) is 7.49. The first kappa shape index (κ1) is 15.6. The lowest BCUT2D eigenvalue weighted by Crippen LogP contribution is -2.40. The summed E-state index contributed by atoms with van der Waals surface area (Å²) in [4.78, 5) is 0. The number of nitrogens with two attached hydrogens (primary N) is 2. The Morgan fingerprint density at radius 3 is 1.94 bits per heavy atom. The molecule has 0 amide bonds. The number of nitrogens with zero attached hydrogens (tertiary/aromatic N) is 2. The summed E-state index contributed by atoms with van der Waals surface area (Å²) < 4.78 is 55.6. The molecule has 0 saturated heterocycles. The zero-order valence-electron chi connectivity index (χ0n) is 7.96. The molecule has 0 aromatic heterocycles. The van der Waals surface area contributed by atoms with E-state index in [1.165, 1.54) is 0 Å². The summed E-state index contributed by atoms with van der Waals surface area (Å²) >= 11 is 0. The van der Waals surface area contributed by atoms with Crippen LogP contribution in [0.5, 0.6) is 0 Å². The maximum Gasteiger partial charge on any atom is 0.413 e. The molecule has 100 valence electrons. The summed E-state index contributed by atoms with van der Waals surface area (Å²) in [6.07, 6.45) is 3.21. The van der Waals surface area contributed by atoms with Crippen molar-refractivity contribution in [2.24, 2.45) is 16.7 Å². The molecule has 1 rings (SSSR count). The summed E-state index contributed by atoms with van der Waals surface area (Å²) in [5.74, 6) is 5.52. The molecule has 17 heavy (non-hydrogen) atoms. The average Bonchev–Trinajstić information content (AvgIpc) is 1.96. The van der Waals surface area contributed by atoms with E-state index in [1.54, 1.807) is 12.3 Å². The minimum Gasteiger partial charge on any atom is -0.382 e. The van der Waals surface area contributed by atoms with Gasteiger partial charge in [0.15, 0.2) is 0 Å². The van der Waals surface area contributed by atoms with Gasteiger partial charge >= 0.3 is 20.8 Å². The lowest BCUT2D eigenvalue weighted by molar-refractivity contribution is 0.236. The van der Waals surface area contributed by atoms with Crippen LogP contribution in [0.1, 0.15) is 0 Å². The topological polar surface area (TPSA) is 198 Å². The van der Waals surface area contributed by atoms with Crippen LogP contribution in [0.15, 0.2) is 17.4 Å². The Labute approximate surface area is 96.4 Å². The quantitative estimate of drug-likeness (QED) is 0.258. The van der Waals surface area contributed by atoms with Crippen LogP contribution in [0.3, 0.4) is 0 Å². The van der Waals surface area contributed by atoms with Crippen LogP contribution in [-0.2, 0) is 24.4 Å². The molecule has 0 bridgehead atoms. The van der Waals surface area contributed by atoms with Crippen molar-refractivity contribution >= 4 is 26.6 Å². The van der Waals surface area contributed by atoms with Gasteiger partial charge in [-0.15, -0.1) is 14.0 Å². The van der Waals surface area contributed by atoms with E-state index in [0.29, 0.717) is 5.84 Å². The molecule has 0 aromatic rings. The van der Waals surface area contributed by atoms with Crippen molar-refractivity contribution in [2.45, 2.75) is 0 Å². The second-order valence-corrected chi connectivity index (χ2v) is 4.51. The fraction of sp³-hybridized carbons (Fsp3) is 0. The Balaban J connectivity index is 0.000000302. The number of nitrogens with one attached hydrogen (secondary N) is 1. The Kier molecular flexibility index (Phi) is 5.26. The summed E-state index contributed by atoms with van der Waals surface area (Å²) in [6, 6.07) is 0. The van der Waals surface area contributed by atoms with Gasteiger partial charge in [-0.3, -0.25) is 14.5 Å². The van der Waals surface area contributed by atoms with Gasteiger partial charge < -0.3 is 5.73 Å². The maximum atomic E-state index is 9.44. The van der Waals surface area contributed by atoms with Crippen LogP contribution >= 0.6 is 0 Å². The minimum atomic E-state index is -5.12. The van der Waals surface area contributed by atoms with E-state index in [4.69, 9.17) is 20.7 Å². The predicted molar refractivity (Wildman–Crippen MR) is 54.1 cm³/mol. The monoisotopic (exact) mass is 291 g/mol. The third kappa shape index (κ3) is 10.8.